The van der Waals surface area contributed by atoms with Crippen LogP contribution in [0.15, 0.2) is 47.5 Å². The number of carbonyl (C=O) groups is 3. The van der Waals surface area contributed by atoms with Crippen LogP contribution in [-0.2, 0) is 14.4 Å². The van der Waals surface area contributed by atoms with Crippen LogP contribution in [-0.4, -0.2) is 42.9 Å². The van der Waals surface area contributed by atoms with Gasteiger partial charge in [-0.15, -0.1) is 0 Å². The molecule has 3 atom stereocenters. The first-order valence-electron chi connectivity index (χ1n) is 12.5. The Morgan fingerprint density at radius 2 is 1.85 bits per heavy atom. The van der Waals surface area contributed by atoms with Gasteiger partial charge in [0.05, 0.1) is 18.5 Å². The van der Waals surface area contributed by atoms with Gasteiger partial charge in [0.25, 0.3) is 5.91 Å². The molecule has 3 amide bonds. The van der Waals surface area contributed by atoms with Crippen molar-refractivity contribution in [2.75, 3.05) is 12.4 Å². The summed E-state index contributed by atoms with van der Waals surface area (Å²) in [6.07, 6.45) is -6.45. The average Bonchev–Trinajstić information content (AvgIpc) is 3.72. The number of benzodiazepines with no additional fused rings is 1. The highest BCUT2D eigenvalue weighted by atomic mass is 19.4. The highest BCUT2D eigenvalue weighted by Gasteiger charge is 2.41. The number of nitrogens with zero attached hydrogens (tertiary/aromatic N) is 1. The fraction of sp³-hybridized carbons (Fsp3) is 0.407. The van der Waals surface area contributed by atoms with Gasteiger partial charge in [0.15, 0.2) is 11.6 Å². The molecule has 0 saturated heterocycles. The molecule has 2 aromatic carbocycles. The van der Waals surface area contributed by atoms with E-state index in [0.717, 1.165) is 12.8 Å². The summed E-state index contributed by atoms with van der Waals surface area (Å²) in [5.74, 6) is -6.26. The largest absolute Gasteiger partial charge is 0.494 e. The molecule has 0 bridgehead atoms. The van der Waals surface area contributed by atoms with Crippen LogP contribution in [0.3, 0.4) is 0 Å². The lowest BCUT2D eigenvalue weighted by Gasteiger charge is -2.26. The first kappa shape index (κ1) is 28.1. The minimum atomic E-state index is -4.57. The fourth-order valence-electron chi connectivity index (χ4n) is 4.67. The maximum atomic E-state index is 15.2. The van der Waals surface area contributed by atoms with Crippen LogP contribution in [0.5, 0.6) is 5.75 Å². The van der Waals surface area contributed by atoms with E-state index in [9.17, 15) is 27.6 Å². The number of carbonyl (C=O) groups excluding carboxylic acids is 3. The van der Waals surface area contributed by atoms with E-state index in [1.165, 1.54) is 19.2 Å². The molecule has 0 aromatic heterocycles. The highest BCUT2D eigenvalue weighted by Crippen LogP contribution is 2.39. The smallest absolute Gasteiger partial charge is 0.389 e. The molecular weight excluding hydrogens is 520 g/mol. The Hall–Kier alpha value is -3.96. The molecule has 1 heterocycles. The lowest BCUT2D eigenvalue weighted by Crippen LogP contribution is -2.48. The Bertz CT molecular complexity index is 1280. The first-order valence-corrected chi connectivity index (χ1v) is 12.5. The summed E-state index contributed by atoms with van der Waals surface area (Å²) in [6.45, 7) is 0. The highest BCUT2D eigenvalue weighted by molar-refractivity contribution is 6.20. The molecule has 2 aromatic rings. The maximum Gasteiger partial charge on any atom is 0.389 e. The van der Waals surface area contributed by atoms with Crippen molar-refractivity contribution in [2.24, 2.45) is 28.5 Å². The SMILES string of the molecule is COc1ccc2c(c1F)NC(=O)[C@@H](NC(=O)[C@H](CCC(F)(F)F)[C@H](CC1CC1)C(N)=O)N=C2c1ccccc1. The summed E-state index contributed by atoms with van der Waals surface area (Å²) >= 11 is 0. The number of nitrogens with one attached hydrogen (secondary N) is 2. The number of anilines is 1. The number of hydrogen-bond acceptors (Lipinski definition) is 5. The summed E-state index contributed by atoms with van der Waals surface area (Å²) in [5, 5.41) is 4.80. The van der Waals surface area contributed by atoms with E-state index in [1.54, 1.807) is 30.3 Å². The summed E-state index contributed by atoms with van der Waals surface area (Å²) in [6, 6.07) is 11.3. The predicted molar refractivity (Wildman–Crippen MR) is 134 cm³/mol. The number of primary amides is 1. The van der Waals surface area contributed by atoms with Gasteiger partial charge in [0, 0.05) is 29.4 Å². The summed E-state index contributed by atoms with van der Waals surface area (Å²) < 4.78 is 59.5. The summed E-state index contributed by atoms with van der Waals surface area (Å²) in [7, 11) is 1.26. The molecule has 1 saturated carbocycles. The molecule has 1 aliphatic heterocycles. The lowest BCUT2D eigenvalue weighted by atomic mass is 9.83. The zero-order valence-electron chi connectivity index (χ0n) is 21.1. The Balaban J connectivity index is 1.70. The van der Waals surface area contributed by atoms with Crippen LogP contribution in [0.1, 0.15) is 43.2 Å². The van der Waals surface area contributed by atoms with Crippen molar-refractivity contribution in [1.82, 2.24) is 5.32 Å². The van der Waals surface area contributed by atoms with Crippen molar-refractivity contribution < 1.29 is 36.7 Å². The van der Waals surface area contributed by atoms with Gasteiger partial charge >= 0.3 is 6.18 Å². The fourth-order valence-corrected chi connectivity index (χ4v) is 4.67. The van der Waals surface area contributed by atoms with Gasteiger partial charge in [-0.2, -0.15) is 13.2 Å². The third-order valence-electron chi connectivity index (χ3n) is 6.87. The molecule has 1 aliphatic carbocycles. The van der Waals surface area contributed by atoms with Gasteiger partial charge in [-0.1, -0.05) is 43.2 Å². The van der Waals surface area contributed by atoms with E-state index in [4.69, 9.17) is 10.5 Å². The molecule has 8 nitrogen and oxygen atoms in total. The normalized spacial score (nSPS) is 18.6. The topological polar surface area (TPSA) is 123 Å². The second kappa shape index (κ2) is 11.4. The molecular formula is C27H28F4N4O4. The zero-order chi connectivity index (χ0) is 28.3. The number of fused-ring (bicyclic) bond motifs is 1. The van der Waals surface area contributed by atoms with Gasteiger partial charge in [-0.05, 0) is 30.9 Å². The van der Waals surface area contributed by atoms with E-state index < -0.39 is 60.6 Å². The van der Waals surface area contributed by atoms with Crippen molar-refractivity contribution >= 4 is 29.1 Å². The Morgan fingerprint density at radius 1 is 1.15 bits per heavy atom. The molecule has 12 heteroatoms. The molecule has 0 unspecified atom stereocenters. The number of rotatable bonds is 10. The van der Waals surface area contributed by atoms with Crippen LogP contribution in [0.2, 0.25) is 0 Å². The molecule has 39 heavy (non-hydrogen) atoms. The quantitative estimate of drug-likeness (QED) is 0.390. The second-order valence-corrected chi connectivity index (χ2v) is 9.70. The van der Waals surface area contributed by atoms with Crippen molar-refractivity contribution in [3.63, 3.8) is 0 Å². The van der Waals surface area contributed by atoms with Gasteiger partial charge in [0.2, 0.25) is 18.0 Å². The van der Waals surface area contributed by atoms with Crippen LogP contribution in [0, 0.1) is 23.6 Å². The van der Waals surface area contributed by atoms with Gasteiger partial charge in [-0.25, -0.2) is 9.38 Å². The average molecular weight is 549 g/mol. The number of hydrogen-bond donors (Lipinski definition) is 3. The van der Waals surface area contributed by atoms with Gasteiger partial charge in [-0.3, -0.25) is 14.4 Å². The predicted octanol–water partition coefficient (Wildman–Crippen LogP) is 3.93. The standard InChI is InChI=1S/C27H28F4N4O4/c1-39-19-10-9-17-21(15-5-3-2-4-6-15)33-24(26(38)34-22(17)20(19)28)35-25(37)16(11-12-27(29,30)31)18(23(32)36)13-14-7-8-14/h2-6,9-10,14,16,18,24H,7-8,11-13H2,1H3,(H2,32,36)(H,34,38)(H,35,37)/t16-,18+,24-/m1/s1. The van der Waals surface area contributed by atoms with Crippen molar-refractivity contribution in [2.45, 2.75) is 44.4 Å². The summed E-state index contributed by atoms with van der Waals surface area (Å²) in [5.41, 5.74) is 6.16. The number of halogens is 4. The molecule has 0 radical (unpaired) electrons. The molecule has 0 spiro atoms. The van der Waals surface area contributed by atoms with Crippen molar-refractivity contribution in [1.29, 1.82) is 0 Å². The third-order valence-corrected chi connectivity index (χ3v) is 6.87. The number of methoxy groups -OCH3 is 1. The number of amides is 3. The van der Waals surface area contributed by atoms with Crippen molar-refractivity contribution in [3.8, 4) is 5.75 Å². The zero-order valence-corrected chi connectivity index (χ0v) is 21.1. The molecule has 2 aliphatic rings. The number of benzene rings is 2. The number of aliphatic imine (C=N–C) groups is 1. The van der Waals surface area contributed by atoms with Gasteiger partial charge < -0.3 is 21.1 Å². The van der Waals surface area contributed by atoms with Crippen molar-refractivity contribution in [3.05, 3.63) is 59.4 Å². The molecule has 208 valence electrons. The molecule has 4 N–H and O–H groups in total. The number of ether oxygens (including phenoxy) is 1. The monoisotopic (exact) mass is 548 g/mol. The maximum absolute atomic E-state index is 15.2. The third kappa shape index (κ3) is 6.73. The second-order valence-electron chi connectivity index (χ2n) is 9.70. The van der Waals surface area contributed by atoms with E-state index >= 15 is 4.39 Å². The number of alkyl halides is 3. The Morgan fingerprint density at radius 3 is 2.44 bits per heavy atom. The lowest BCUT2D eigenvalue weighted by molar-refractivity contribution is -0.146. The summed E-state index contributed by atoms with van der Waals surface area (Å²) in [4.78, 5) is 43.2. The molecule has 4 rings (SSSR count). The minimum absolute atomic E-state index is 0.0972. The van der Waals surface area contributed by atoms with Gasteiger partial charge in [0.1, 0.15) is 0 Å². The van der Waals surface area contributed by atoms with Crippen LogP contribution < -0.4 is 21.1 Å². The first-order chi connectivity index (χ1) is 18.5. The van der Waals surface area contributed by atoms with E-state index in [0.29, 0.717) is 5.56 Å². The number of nitrogens with two attached hydrogens (primary N) is 1. The minimum Gasteiger partial charge on any atom is -0.494 e. The van der Waals surface area contributed by atoms with Crippen LogP contribution in [0.25, 0.3) is 0 Å². The van der Waals surface area contributed by atoms with E-state index in [-0.39, 0.29) is 35.1 Å². The molecule has 1 fully saturated rings. The Kier molecular flexibility index (Phi) is 8.22. The van der Waals surface area contributed by atoms with Crippen LogP contribution >= 0.6 is 0 Å². The van der Waals surface area contributed by atoms with E-state index in [2.05, 4.69) is 15.6 Å². The van der Waals surface area contributed by atoms with Crippen LogP contribution in [0.4, 0.5) is 23.2 Å². The van der Waals surface area contributed by atoms with E-state index in [1.807, 2.05) is 0 Å². The Labute approximate surface area is 222 Å².